The Balaban J connectivity index is 1.79. The van der Waals surface area contributed by atoms with E-state index < -0.39 is 30.0 Å². The Bertz CT molecular complexity index is 561. The third kappa shape index (κ3) is 2.60. The van der Waals surface area contributed by atoms with E-state index in [1.54, 1.807) is 24.3 Å². The summed E-state index contributed by atoms with van der Waals surface area (Å²) in [6, 6.07) is 7.99. The molecule has 0 aromatic heterocycles. The van der Waals surface area contributed by atoms with Crippen LogP contribution in [0.1, 0.15) is 29.6 Å². The third-order valence-electron chi connectivity index (χ3n) is 4.54. The van der Waals surface area contributed by atoms with E-state index in [1.807, 2.05) is 6.07 Å². The number of fused-ring (bicyclic) bond motifs is 2. The molecule has 2 bridgehead atoms. The predicted molar refractivity (Wildman–Crippen MR) is 75.1 cm³/mol. The first-order valence-corrected chi connectivity index (χ1v) is 7.41. The summed E-state index contributed by atoms with van der Waals surface area (Å²) >= 11 is 0. The highest BCUT2D eigenvalue weighted by molar-refractivity contribution is 5.89. The van der Waals surface area contributed by atoms with Crippen molar-refractivity contribution in [1.29, 1.82) is 0 Å². The second kappa shape index (κ2) is 6.06. The Morgan fingerprint density at radius 3 is 2.59 bits per heavy atom. The molecule has 2 aliphatic heterocycles. The Morgan fingerprint density at radius 2 is 1.91 bits per heavy atom. The lowest BCUT2D eigenvalue weighted by atomic mass is 9.88. The molecule has 2 unspecified atom stereocenters. The van der Waals surface area contributed by atoms with Gasteiger partial charge in [0.25, 0.3) is 0 Å². The summed E-state index contributed by atoms with van der Waals surface area (Å²) in [6.07, 6.45) is 1.12. The topological polar surface area (TPSA) is 75.7 Å². The number of carbonyl (C=O) groups is 2. The molecular weight excluding hydrogens is 286 g/mol. The maximum absolute atomic E-state index is 12.2. The van der Waals surface area contributed by atoms with Crippen molar-refractivity contribution in [1.82, 2.24) is 5.06 Å². The van der Waals surface area contributed by atoms with E-state index in [2.05, 4.69) is 0 Å². The average molecular weight is 304 g/mol. The van der Waals surface area contributed by atoms with Gasteiger partial charge in [-0.05, 0) is 25.0 Å². The largest absolute Gasteiger partial charge is 0.469 e. The summed E-state index contributed by atoms with van der Waals surface area (Å²) in [5.74, 6) is -1.68. The average Bonchev–Trinajstić information content (AvgIpc) is 2.78. The quantitative estimate of drug-likeness (QED) is 0.793. The number of hydrogen-bond acceptors (Lipinski definition) is 5. The van der Waals surface area contributed by atoms with Crippen LogP contribution in [0.5, 0.6) is 0 Å². The van der Waals surface area contributed by atoms with Gasteiger partial charge in [0.1, 0.15) is 12.0 Å². The Kier molecular flexibility index (Phi) is 4.13. The van der Waals surface area contributed by atoms with Crippen LogP contribution in [0.15, 0.2) is 30.3 Å². The maximum atomic E-state index is 12.2. The highest BCUT2D eigenvalue weighted by atomic mass is 16.6. The highest BCUT2D eigenvalue weighted by Gasteiger charge is 2.53. The van der Waals surface area contributed by atoms with Crippen LogP contribution in [0, 0.1) is 5.92 Å². The number of benzene rings is 1. The molecule has 6 heteroatoms. The van der Waals surface area contributed by atoms with Crippen molar-refractivity contribution in [2.24, 2.45) is 5.92 Å². The molecule has 2 fully saturated rings. The summed E-state index contributed by atoms with van der Waals surface area (Å²) < 4.78 is 10.3. The summed E-state index contributed by atoms with van der Waals surface area (Å²) in [6.45, 7) is 0. The standard InChI is InChI=1S/C16H18NO5/c1-21-16(19)14-12-8-7-11(17(12)20)9-13(14)22-15(18)10-5-3-2-4-6-10/h2-6,11-14H,7-9H2,1H3/t11-,12+,13?,14?/m1/s1. The van der Waals surface area contributed by atoms with Gasteiger partial charge in [0.05, 0.1) is 18.7 Å². The molecule has 2 aliphatic rings. The van der Waals surface area contributed by atoms with Crippen molar-refractivity contribution in [3.05, 3.63) is 35.9 Å². The highest BCUT2D eigenvalue weighted by Crippen LogP contribution is 2.40. The minimum atomic E-state index is -0.714. The molecule has 0 amide bonds. The van der Waals surface area contributed by atoms with Gasteiger partial charge in [-0.1, -0.05) is 18.2 Å². The normalized spacial score (nSPS) is 30.8. The number of rotatable bonds is 3. The first-order valence-electron chi connectivity index (χ1n) is 7.41. The fourth-order valence-electron chi connectivity index (χ4n) is 3.46. The van der Waals surface area contributed by atoms with Crippen LogP contribution in [0.2, 0.25) is 0 Å². The fraction of sp³-hybridized carbons (Fsp3) is 0.500. The molecule has 1 radical (unpaired) electrons. The van der Waals surface area contributed by atoms with Crippen LogP contribution >= 0.6 is 0 Å². The fourth-order valence-corrected chi connectivity index (χ4v) is 3.46. The van der Waals surface area contributed by atoms with Crippen molar-refractivity contribution in [2.45, 2.75) is 37.5 Å². The lowest BCUT2D eigenvalue weighted by Crippen LogP contribution is -2.53. The van der Waals surface area contributed by atoms with E-state index >= 15 is 0 Å². The number of hydrogen-bond donors (Lipinski definition) is 0. The summed E-state index contributed by atoms with van der Waals surface area (Å²) in [5.41, 5.74) is 0.433. The van der Waals surface area contributed by atoms with Crippen molar-refractivity contribution < 1.29 is 24.3 Å². The molecule has 4 atom stereocenters. The minimum absolute atomic E-state index is 0.181. The van der Waals surface area contributed by atoms with E-state index in [0.717, 1.165) is 11.5 Å². The predicted octanol–water partition coefficient (Wildman–Crippen LogP) is 1.58. The number of nitrogens with zero attached hydrogens (tertiary/aromatic N) is 1. The number of piperidine rings is 1. The van der Waals surface area contributed by atoms with Crippen molar-refractivity contribution in [2.75, 3.05) is 7.11 Å². The second-order valence-corrected chi connectivity index (χ2v) is 5.75. The molecule has 3 rings (SSSR count). The number of methoxy groups -OCH3 is 1. The monoisotopic (exact) mass is 304 g/mol. The molecule has 0 N–H and O–H groups in total. The number of esters is 2. The SMILES string of the molecule is COC(=O)C1C(OC(=O)c2ccccc2)C[C@H]2CC[C@@H]1N2[O]. The molecule has 117 valence electrons. The molecule has 1 aromatic carbocycles. The van der Waals surface area contributed by atoms with Crippen molar-refractivity contribution >= 4 is 11.9 Å². The van der Waals surface area contributed by atoms with Crippen LogP contribution in [0.3, 0.4) is 0 Å². The Hall–Kier alpha value is -1.92. The van der Waals surface area contributed by atoms with Crippen LogP contribution < -0.4 is 0 Å². The van der Waals surface area contributed by atoms with E-state index in [9.17, 15) is 14.8 Å². The molecule has 0 aliphatic carbocycles. The van der Waals surface area contributed by atoms with Crippen LogP contribution in [0.4, 0.5) is 0 Å². The summed E-state index contributed by atoms with van der Waals surface area (Å²) in [5, 5.41) is 13.1. The number of carbonyl (C=O) groups excluding carboxylic acids is 2. The molecule has 6 nitrogen and oxygen atoms in total. The Morgan fingerprint density at radius 1 is 1.18 bits per heavy atom. The lowest BCUT2D eigenvalue weighted by Gasteiger charge is -2.37. The van der Waals surface area contributed by atoms with Gasteiger partial charge in [0, 0.05) is 12.5 Å². The van der Waals surface area contributed by atoms with Gasteiger partial charge >= 0.3 is 11.9 Å². The van der Waals surface area contributed by atoms with Gasteiger partial charge in [-0.2, -0.15) is 0 Å². The number of ether oxygens (including phenoxy) is 2. The molecule has 0 saturated carbocycles. The zero-order valence-electron chi connectivity index (χ0n) is 12.3. The zero-order chi connectivity index (χ0) is 15.7. The smallest absolute Gasteiger partial charge is 0.338 e. The van der Waals surface area contributed by atoms with E-state index in [-0.39, 0.29) is 6.04 Å². The van der Waals surface area contributed by atoms with Crippen molar-refractivity contribution in [3.8, 4) is 0 Å². The van der Waals surface area contributed by atoms with Gasteiger partial charge in [-0.15, -0.1) is 10.3 Å². The van der Waals surface area contributed by atoms with Gasteiger partial charge in [-0.25, -0.2) is 4.79 Å². The Labute approximate surface area is 128 Å². The summed E-state index contributed by atoms with van der Waals surface area (Å²) in [4.78, 5) is 24.3. The van der Waals surface area contributed by atoms with Crippen molar-refractivity contribution in [3.63, 3.8) is 0 Å². The first-order chi connectivity index (χ1) is 10.6. The molecule has 2 heterocycles. The maximum Gasteiger partial charge on any atom is 0.338 e. The van der Waals surface area contributed by atoms with Gasteiger partial charge in [0.15, 0.2) is 0 Å². The first kappa shape index (κ1) is 15.0. The van der Waals surface area contributed by atoms with Crippen LogP contribution in [-0.4, -0.2) is 42.3 Å². The number of hydroxylamine groups is 2. The van der Waals surface area contributed by atoms with Crippen LogP contribution in [-0.2, 0) is 19.5 Å². The van der Waals surface area contributed by atoms with Crippen LogP contribution in [0.25, 0.3) is 0 Å². The van der Waals surface area contributed by atoms with E-state index in [0.29, 0.717) is 18.4 Å². The van der Waals surface area contributed by atoms with Gasteiger partial charge in [-0.3, -0.25) is 4.79 Å². The molecule has 0 spiro atoms. The van der Waals surface area contributed by atoms with E-state index in [4.69, 9.17) is 9.47 Å². The minimum Gasteiger partial charge on any atom is -0.469 e. The van der Waals surface area contributed by atoms with Gasteiger partial charge < -0.3 is 9.47 Å². The lowest BCUT2D eigenvalue weighted by molar-refractivity contribution is -0.237. The third-order valence-corrected chi connectivity index (χ3v) is 4.54. The zero-order valence-corrected chi connectivity index (χ0v) is 12.3. The summed E-state index contributed by atoms with van der Waals surface area (Å²) in [7, 11) is 1.29. The molecule has 1 aromatic rings. The van der Waals surface area contributed by atoms with Gasteiger partial charge in [0.2, 0.25) is 0 Å². The molecular formula is C16H18NO5. The van der Waals surface area contributed by atoms with E-state index in [1.165, 1.54) is 7.11 Å². The molecule has 2 saturated heterocycles. The second-order valence-electron chi connectivity index (χ2n) is 5.75. The molecule has 22 heavy (non-hydrogen) atoms.